The molecular weight excluding hydrogens is 146 g/mol. The largest absolute Gasteiger partial charge is 0.378 e. The first kappa shape index (κ1) is 7.41. The molecule has 1 N–H and O–H groups in total. The van der Waals surface area contributed by atoms with Crippen molar-refractivity contribution in [1.29, 1.82) is 0 Å². The highest BCUT2D eigenvalue weighted by Gasteiger charge is 2.19. The number of nitrogens with one attached hydrogen (secondary N) is 1. The van der Waals surface area contributed by atoms with Crippen molar-refractivity contribution in [1.82, 2.24) is 0 Å². The molecule has 1 heterocycles. The SMILES string of the molecule is C=C(C)C1Cc2ccccc2N1. The van der Waals surface area contributed by atoms with Crippen molar-refractivity contribution >= 4 is 5.69 Å². The van der Waals surface area contributed by atoms with Gasteiger partial charge in [0.15, 0.2) is 0 Å². The van der Waals surface area contributed by atoms with Crippen LogP contribution in [0.15, 0.2) is 36.4 Å². The predicted molar refractivity (Wildman–Crippen MR) is 52.4 cm³/mol. The van der Waals surface area contributed by atoms with Gasteiger partial charge in [-0.15, -0.1) is 0 Å². The smallest absolute Gasteiger partial charge is 0.0509 e. The maximum atomic E-state index is 3.96. The van der Waals surface area contributed by atoms with Crippen molar-refractivity contribution in [2.75, 3.05) is 5.32 Å². The third-order valence-corrected chi connectivity index (χ3v) is 2.37. The van der Waals surface area contributed by atoms with Crippen molar-refractivity contribution in [3.05, 3.63) is 42.0 Å². The van der Waals surface area contributed by atoms with Crippen LogP contribution < -0.4 is 5.32 Å². The number of hydrogen-bond donors (Lipinski definition) is 1. The molecule has 2 rings (SSSR count). The van der Waals surface area contributed by atoms with Crippen LogP contribution in [-0.4, -0.2) is 6.04 Å². The molecule has 1 aliphatic rings. The van der Waals surface area contributed by atoms with Gasteiger partial charge >= 0.3 is 0 Å². The molecule has 12 heavy (non-hydrogen) atoms. The molecule has 1 atom stereocenters. The van der Waals surface area contributed by atoms with Crippen LogP contribution in [0, 0.1) is 0 Å². The van der Waals surface area contributed by atoms with E-state index in [1.54, 1.807) is 0 Å². The minimum absolute atomic E-state index is 0.447. The highest BCUT2D eigenvalue weighted by Crippen LogP contribution is 2.27. The van der Waals surface area contributed by atoms with E-state index in [-0.39, 0.29) is 0 Å². The molecule has 1 nitrogen and oxygen atoms in total. The zero-order valence-corrected chi connectivity index (χ0v) is 7.30. The first-order valence-electron chi connectivity index (χ1n) is 4.27. The molecule has 0 saturated carbocycles. The van der Waals surface area contributed by atoms with Crippen LogP contribution >= 0.6 is 0 Å². The zero-order chi connectivity index (χ0) is 8.55. The summed E-state index contributed by atoms with van der Waals surface area (Å²) in [5, 5.41) is 3.43. The molecule has 0 amide bonds. The van der Waals surface area contributed by atoms with Gasteiger partial charge in [0.05, 0.1) is 6.04 Å². The number of anilines is 1. The summed E-state index contributed by atoms with van der Waals surface area (Å²) in [5.41, 5.74) is 3.89. The molecular formula is C11H13N. The lowest BCUT2D eigenvalue weighted by Gasteiger charge is -2.09. The molecule has 0 bridgehead atoms. The fraction of sp³-hybridized carbons (Fsp3) is 0.273. The zero-order valence-electron chi connectivity index (χ0n) is 7.30. The molecule has 1 aromatic rings. The summed E-state index contributed by atoms with van der Waals surface area (Å²) in [7, 11) is 0. The lowest BCUT2D eigenvalue weighted by atomic mass is 10.1. The maximum Gasteiger partial charge on any atom is 0.0509 e. The lowest BCUT2D eigenvalue weighted by molar-refractivity contribution is 0.868. The van der Waals surface area contributed by atoms with Crippen LogP contribution in [0.3, 0.4) is 0 Å². The summed E-state index contributed by atoms with van der Waals surface area (Å²) in [5.74, 6) is 0. The van der Waals surface area contributed by atoms with Gasteiger partial charge in [-0.25, -0.2) is 0 Å². The van der Waals surface area contributed by atoms with Crippen LogP contribution in [0.25, 0.3) is 0 Å². The molecule has 1 unspecified atom stereocenters. The van der Waals surface area contributed by atoms with Crippen LogP contribution in [-0.2, 0) is 6.42 Å². The van der Waals surface area contributed by atoms with Gasteiger partial charge in [-0.2, -0.15) is 0 Å². The third kappa shape index (κ3) is 1.11. The van der Waals surface area contributed by atoms with Gasteiger partial charge in [-0.3, -0.25) is 0 Å². The Kier molecular flexibility index (Phi) is 1.65. The van der Waals surface area contributed by atoms with Crippen LogP contribution in [0.1, 0.15) is 12.5 Å². The summed E-state index contributed by atoms with van der Waals surface area (Å²) in [6, 6.07) is 8.89. The highest BCUT2D eigenvalue weighted by molar-refractivity contribution is 5.58. The van der Waals surface area contributed by atoms with E-state index in [9.17, 15) is 0 Å². The normalized spacial score (nSPS) is 19.9. The monoisotopic (exact) mass is 159 g/mol. The van der Waals surface area contributed by atoms with Crippen LogP contribution in [0.2, 0.25) is 0 Å². The highest BCUT2D eigenvalue weighted by atomic mass is 14.9. The van der Waals surface area contributed by atoms with E-state index in [2.05, 4.69) is 43.1 Å². The summed E-state index contributed by atoms with van der Waals surface area (Å²) in [4.78, 5) is 0. The third-order valence-electron chi connectivity index (χ3n) is 2.37. The Morgan fingerprint density at radius 3 is 2.92 bits per heavy atom. The fourth-order valence-electron chi connectivity index (χ4n) is 1.60. The second kappa shape index (κ2) is 2.67. The first-order chi connectivity index (χ1) is 5.77. The van der Waals surface area contributed by atoms with Crippen molar-refractivity contribution in [3.8, 4) is 0 Å². The second-order valence-corrected chi connectivity index (χ2v) is 3.40. The summed E-state index contributed by atoms with van der Waals surface area (Å²) < 4.78 is 0. The van der Waals surface area contributed by atoms with Gasteiger partial charge in [0.25, 0.3) is 0 Å². The molecule has 0 aliphatic carbocycles. The van der Waals surface area contributed by atoms with Gasteiger partial charge < -0.3 is 5.32 Å². The fourth-order valence-corrected chi connectivity index (χ4v) is 1.60. The molecule has 62 valence electrons. The Balaban J connectivity index is 2.27. The average Bonchev–Trinajstić information content (AvgIpc) is 2.46. The van der Waals surface area contributed by atoms with Crippen LogP contribution in [0.5, 0.6) is 0 Å². The van der Waals surface area contributed by atoms with Gasteiger partial charge in [-0.05, 0) is 25.0 Å². The Bertz CT molecular complexity index is 290. The molecule has 0 fully saturated rings. The van der Waals surface area contributed by atoms with Crippen molar-refractivity contribution in [2.24, 2.45) is 0 Å². The number of fused-ring (bicyclic) bond motifs is 1. The molecule has 1 aromatic carbocycles. The Morgan fingerprint density at radius 1 is 1.50 bits per heavy atom. The molecule has 0 spiro atoms. The van der Waals surface area contributed by atoms with E-state index < -0.39 is 0 Å². The molecule has 1 aliphatic heterocycles. The Labute approximate surface area is 73.1 Å². The van der Waals surface area contributed by atoms with Crippen molar-refractivity contribution in [3.63, 3.8) is 0 Å². The van der Waals surface area contributed by atoms with E-state index in [4.69, 9.17) is 0 Å². The van der Waals surface area contributed by atoms with E-state index in [1.165, 1.54) is 16.8 Å². The number of benzene rings is 1. The van der Waals surface area contributed by atoms with Gasteiger partial charge in [-0.1, -0.05) is 30.4 Å². The average molecular weight is 159 g/mol. The minimum atomic E-state index is 0.447. The van der Waals surface area contributed by atoms with Crippen molar-refractivity contribution < 1.29 is 0 Å². The van der Waals surface area contributed by atoms with Gasteiger partial charge in [0.1, 0.15) is 0 Å². The molecule has 0 saturated heterocycles. The van der Waals surface area contributed by atoms with E-state index in [0.717, 1.165) is 6.42 Å². The van der Waals surface area contributed by atoms with E-state index in [0.29, 0.717) is 6.04 Å². The van der Waals surface area contributed by atoms with Gasteiger partial charge in [0.2, 0.25) is 0 Å². The van der Waals surface area contributed by atoms with Crippen LogP contribution in [0.4, 0.5) is 5.69 Å². The number of rotatable bonds is 1. The molecule has 0 radical (unpaired) electrons. The first-order valence-corrected chi connectivity index (χ1v) is 4.27. The summed E-state index contributed by atoms with van der Waals surface area (Å²) >= 11 is 0. The number of para-hydroxylation sites is 1. The summed E-state index contributed by atoms with van der Waals surface area (Å²) in [6.45, 7) is 6.03. The lowest BCUT2D eigenvalue weighted by Crippen LogP contribution is -2.15. The standard InChI is InChI=1S/C11H13N/c1-8(2)11-7-9-5-3-4-6-10(9)12-11/h3-6,11-12H,1,7H2,2H3. The van der Waals surface area contributed by atoms with E-state index in [1.807, 2.05) is 0 Å². The Hall–Kier alpha value is -1.24. The topological polar surface area (TPSA) is 12.0 Å². The number of hydrogen-bond acceptors (Lipinski definition) is 1. The van der Waals surface area contributed by atoms with Gasteiger partial charge in [0, 0.05) is 5.69 Å². The summed E-state index contributed by atoms with van der Waals surface area (Å²) in [6.07, 6.45) is 1.09. The second-order valence-electron chi connectivity index (χ2n) is 3.40. The van der Waals surface area contributed by atoms with Crippen molar-refractivity contribution in [2.45, 2.75) is 19.4 Å². The maximum absolute atomic E-state index is 3.96. The molecule has 1 heteroatoms. The minimum Gasteiger partial charge on any atom is -0.378 e. The predicted octanol–water partition coefficient (Wildman–Crippen LogP) is 2.60. The quantitative estimate of drug-likeness (QED) is 0.621. The van der Waals surface area contributed by atoms with E-state index >= 15 is 0 Å². The molecule has 0 aromatic heterocycles. The Morgan fingerprint density at radius 2 is 2.25 bits per heavy atom.